The SMILES string of the molecule is COc1cccc([C@@H]2Nc3ccccc3-c3c(=O)[nH]c(SCc4ccc(Cl)cc4)n[n+]32)c1OCC(=O)O. The number of H-pyrrole nitrogens is 1. The molecule has 9 nitrogen and oxygen atoms in total. The van der Waals surface area contributed by atoms with Crippen molar-refractivity contribution in [2.75, 3.05) is 19.0 Å². The maximum Gasteiger partial charge on any atom is 0.341 e. The molecule has 5 rings (SSSR count). The smallest absolute Gasteiger partial charge is 0.341 e. The normalized spacial score (nSPS) is 13.7. The molecule has 1 aromatic heterocycles. The highest BCUT2D eigenvalue weighted by molar-refractivity contribution is 7.98. The van der Waals surface area contributed by atoms with Crippen molar-refractivity contribution in [1.82, 2.24) is 10.1 Å². The second kappa shape index (κ2) is 10.5. The zero-order valence-electron chi connectivity index (χ0n) is 19.6. The molecule has 3 N–H and O–H groups in total. The Kier molecular flexibility index (Phi) is 7.02. The first-order chi connectivity index (χ1) is 17.9. The van der Waals surface area contributed by atoms with E-state index < -0.39 is 18.7 Å². The number of carboxylic acid groups (broad SMARTS) is 1. The van der Waals surface area contributed by atoms with Crippen molar-refractivity contribution in [1.29, 1.82) is 0 Å². The molecule has 0 amide bonds. The van der Waals surface area contributed by atoms with Gasteiger partial charge in [-0.3, -0.25) is 9.78 Å². The number of nitrogens with one attached hydrogen (secondary N) is 2. The molecule has 0 bridgehead atoms. The number of para-hydroxylation sites is 2. The van der Waals surface area contributed by atoms with Crippen molar-refractivity contribution in [3.05, 3.63) is 93.2 Å². The van der Waals surface area contributed by atoms with Gasteiger partial charge in [0.2, 0.25) is 5.16 Å². The number of thioether (sulfide) groups is 1. The summed E-state index contributed by atoms with van der Waals surface area (Å²) >= 11 is 7.37. The van der Waals surface area contributed by atoms with Crippen LogP contribution in [0.15, 0.2) is 76.7 Å². The highest BCUT2D eigenvalue weighted by Crippen LogP contribution is 2.38. The number of aromatic nitrogens is 3. The Balaban J connectivity index is 1.61. The summed E-state index contributed by atoms with van der Waals surface area (Å²) in [6.45, 7) is -0.556. The van der Waals surface area contributed by atoms with Gasteiger partial charge in [0.1, 0.15) is 0 Å². The van der Waals surface area contributed by atoms with E-state index in [-0.39, 0.29) is 11.3 Å². The minimum absolute atomic E-state index is 0.250. The van der Waals surface area contributed by atoms with Gasteiger partial charge in [0.05, 0.1) is 23.9 Å². The first-order valence-corrected chi connectivity index (χ1v) is 12.6. The fraction of sp³-hybridized carbons (Fsp3) is 0.154. The highest BCUT2D eigenvalue weighted by Gasteiger charge is 2.39. The lowest BCUT2D eigenvalue weighted by molar-refractivity contribution is -0.759. The molecule has 0 saturated heterocycles. The fourth-order valence-electron chi connectivity index (χ4n) is 4.09. The monoisotopic (exact) mass is 537 g/mol. The number of rotatable bonds is 8. The van der Waals surface area contributed by atoms with Crippen molar-refractivity contribution in [3.63, 3.8) is 0 Å². The van der Waals surface area contributed by atoms with Crippen LogP contribution < -0.4 is 25.0 Å². The predicted octanol–water partition coefficient (Wildman–Crippen LogP) is 4.11. The van der Waals surface area contributed by atoms with Gasteiger partial charge in [-0.05, 0) is 46.6 Å². The molecular formula is C26H22ClN4O5S+. The number of halogens is 1. The van der Waals surface area contributed by atoms with E-state index in [0.29, 0.717) is 38.5 Å². The number of methoxy groups -OCH3 is 1. The van der Waals surface area contributed by atoms with Crippen LogP contribution in [0.2, 0.25) is 5.02 Å². The standard InChI is InChI=1S/C26H21ClN4O5S/c1-35-20-8-4-6-18(23(20)36-13-21(32)33)24-28-19-7-3-2-5-17(19)22-25(34)29-26(30-31(22)24)37-14-15-9-11-16(27)12-10-15/h2-12,24H,13-14H2,1H3,(H2,29,30,32,33,34)/p+1/t24-/m1/s1. The number of fused-ring (bicyclic) bond motifs is 3. The van der Waals surface area contributed by atoms with Gasteiger partial charge in [0.25, 0.3) is 6.17 Å². The first kappa shape index (κ1) is 24.7. The quantitative estimate of drug-likeness (QED) is 0.227. The number of carboxylic acids is 1. The molecule has 1 aliphatic rings. The molecular weight excluding hydrogens is 516 g/mol. The molecule has 37 heavy (non-hydrogen) atoms. The Morgan fingerprint density at radius 3 is 2.68 bits per heavy atom. The van der Waals surface area contributed by atoms with E-state index in [1.165, 1.54) is 18.9 Å². The minimum Gasteiger partial charge on any atom is -0.493 e. The van der Waals surface area contributed by atoms with E-state index in [2.05, 4.69) is 10.3 Å². The zero-order chi connectivity index (χ0) is 25.9. The second-order valence-corrected chi connectivity index (χ2v) is 9.52. The van der Waals surface area contributed by atoms with Crippen LogP contribution in [0.4, 0.5) is 5.69 Å². The number of carbonyl (C=O) groups is 1. The number of anilines is 1. The van der Waals surface area contributed by atoms with E-state index in [4.69, 9.17) is 26.2 Å². The van der Waals surface area contributed by atoms with Crippen LogP contribution in [-0.2, 0) is 10.5 Å². The van der Waals surface area contributed by atoms with Crippen molar-refractivity contribution in [3.8, 4) is 22.8 Å². The molecule has 0 unspecified atom stereocenters. The molecule has 0 aliphatic carbocycles. The highest BCUT2D eigenvalue weighted by atomic mass is 35.5. The summed E-state index contributed by atoms with van der Waals surface area (Å²) in [5.74, 6) is 0.0616. The summed E-state index contributed by atoms with van der Waals surface area (Å²) < 4.78 is 12.7. The van der Waals surface area contributed by atoms with E-state index in [1.807, 2.05) is 48.5 Å². The first-order valence-electron chi connectivity index (χ1n) is 11.3. The Morgan fingerprint density at radius 2 is 1.92 bits per heavy atom. The molecule has 0 radical (unpaired) electrons. The van der Waals surface area contributed by atoms with Crippen molar-refractivity contribution < 1.29 is 24.1 Å². The molecule has 0 fully saturated rings. The van der Waals surface area contributed by atoms with Crippen LogP contribution in [-0.4, -0.2) is 34.9 Å². The fourth-order valence-corrected chi connectivity index (χ4v) is 5.03. The molecule has 1 atom stereocenters. The van der Waals surface area contributed by atoms with E-state index in [0.717, 1.165) is 11.3 Å². The Morgan fingerprint density at radius 1 is 1.14 bits per heavy atom. The maximum atomic E-state index is 13.4. The topological polar surface area (TPSA) is 117 Å². The average Bonchev–Trinajstić information content (AvgIpc) is 2.90. The molecule has 1 aliphatic heterocycles. The van der Waals surface area contributed by atoms with Crippen LogP contribution >= 0.6 is 23.4 Å². The second-order valence-electron chi connectivity index (χ2n) is 8.12. The third kappa shape index (κ3) is 5.11. The molecule has 0 spiro atoms. The number of nitrogens with zero attached hydrogens (tertiary/aromatic N) is 2. The molecule has 3 aromatic carbocycles. The Hall–Kier alpha value is -4.02. The number of hydrogen-bond donors (Lipinski definition) is 3. The van der Waals surface area contributed by atoms with Crippen molar-refractivity contribution >= 4 is 35.0 Å². The predicted molar refractivity (Wildman–Crippen MR) is 139 cm³/mol. The van der Waals surface area contributed by atoms with Crippen molar-refractivity contribution in [2.24, 2.45) is 0 Å². The Labute approximate surface area is 221 Å². The van der Waals surface area contributed by atoms with Gasteiger partial charge in [-0.15, -0.1) is 0 Å². The van der Waals surface area contributed by atoms with E-state index >= 15 is 0 Å². The van der Waals surface area contributed by atoms with Crippen LogP contribution in [0.5, 0.6) is 11.5 Å². The molecule has 188 valence electrons. The van der Waals surface area contributed by atoms with Gasteiger partial charge in [-0.25, -0.2) is 4.79 Å². The summed E-state index contributed by atoms with van der Waals surface area (Å²) in [7, 11) is 1.48. The summed E-state index contributed by atoms with van der Waals surface area (Å²) in [6, 6.07) is 20.1. The maximum absolute atomic E-state index is 13.4. The van der Waals surface area contributed by atoms with Gasteiger partial charge in [0, 0.05) is 15.9 Å². The minimum atomic E-state index is -1.12. The molecule has 4 aromatic rings. The largest absolute Gasteiger partial charge is 0.493 e. The number of ether oxygens (including phenoxy) is 2. The van der Waals surface area contributed by atoms with E-state index in [1.54, 1.807) is 22.9 Å². The van der Waals surface area contributed by atoms with Gasteiger partial charge >= 0.3 is 17.2 Å². The molecule has 11 heteroatoms. The molecule has 2 heterocycles. The zero-order valence-corrected chi connectivity index (χ0v) is 21.2. The lowest BCUT2D eigenvalue weighted by atomic mass is 10.0. The number of aliphatic carboxylic acids is 1. The third-order valence-corrected chi connectivity index (χ3v) is 6.92. The van der Waals surface area contributed by atoms with Crippen LogP contribution in [0.1, 0.15) is 17.3 Å². The molecule has 0 saturated carbocycles. The van der Waals surface area contributed by atoms with Crippen LogP contribution in [0, 0.1) is 0 Å². The third-order valence-electron chi connectivity index (χ3n) is 5.73. The lowest BCUT2D eigenvalue weighted by Crippen LogP contribution is -2.55. The lowest BCUT2D eigenvalue weighted by Gasteiger charge is -2.24. The van der Waals surface area contributed by atoms with Crippen LogP contribution in [0.3, 0.4) is 0 Å². The number of hydrogen-bond acceptors (Lipinski definition) is 7. The van der Waals surface area contributed by atoms with Crippen LogP contribution in [0.25, 0.3) is 11.3 Å². The van der Waals surface area contributed by atoms with Gasteiger partial charge in [-0.1, -0.05) is 53.7 Å². The average molecular weight is 538 g/mol. The Bertz CT molecular complexity index is 1530. The van der Waals surface area contributed by atoms with Gasteiger partial charge < -0.3 is 19.9 Å². The number of benzene rings is 3. The summed E-state index contributed by atoms with van der Waals surface area (Å²) in [5, 5.41) is 18.5. The van der Waals surface area contributed by atoms with E-state index in [9.17, 15) is 14.7 Å². The number of aromatic amines is 1. The van der Waals surface area contributed by atoms with Crippen molar-refractivity contribution in [2.45, 2.75) is 17.1 Å². The summed E-state index contributed by atoms with van der Waals surface area (Å²) in [5.41, 5.74) is 3.07. The van der Waals surface area contributed by atoms with Gasteiger partial charge in [0.15, 0.2) is 18.1 Å². The van der Waals surface area contributed by atoms with Gasteiger partial charge in [-0.2, -0.15) is 0 Å². The summed E-state index contributed by atoms with van der Waals surface area (Å²) in [4.78, 5) is 27.6. The summed E-state index contributed by atoms with van der Waals surface area (Å²) in [6.07, 6.45) is -0.680.